The van der Waals surface area contributed by atoms with Crippen molar-refractivity contribution in [2.45, 2.75) is 0 Å². The van der Waals surface area contributed by atoms with Gasteiger partial charge in [0.1, 0.15) is 5.75 Å². The summed E-state index contributed by atoms with van der Waals surface area (Å²) in [6.45, 7) is -0.0318. The molecule has 24 heavy (non-hydrogen) atoms. The van der Waals surface area contributed by atoms with E-state index in [1.54, 1.807) is 48.5 Å². The van der Waals surface area contributed by atoms with E-state index in [0.717, 1.165) is 0 Å². The Balaban J connectivity index is 1.66. The van der Waals surface area contributed by atoms with Gasteiger partial charge in [-0.15, -0.1) is 0 Å². The second-order valence-electron chi connectivity index (χ2n) is 5.30. The number of carbonyl (C=O) groups excluding carboxylic acids is 2. The SMILES string of the molecule is O=C(COc1ccccc1)c1ccc(C(=O)c2ccccc2)cc1. The number of benzene rings is 3. The van der Waals surface area contributed by atoms with E-state index in [1.807, 2.05) is 36.4 Å². The maximum absolute atomic E-state index is 12.3. The number of para-hydroxylation sites is 1. The van der Waals surface area contributed by atoms with Gasteiger partial charge >= 0.3 is 0 Å². The number of carbonyl (C=O) groups is 2. The topological polar surface area (TPSA) is 43.4 Å². The second-order valence-corrected chi connectivity index (χ2v) is 5.30. The van der Waals surface area contributed by atoms with Crippen molar-refractivity contribution in [3.63, 3.8) is 0 Å². The monoisotopic (exact) mass is 316 g/mol. The van der Waals surface area contributed by atoms with Crippen molar-refractivity contribution in [3.05, 3.63) is 102 Å². The minimum atomic E-state index is -0.127. The molecule has 0 unspecified atom stereocenters. The van der Waals surface area contributed by atoms with Crippen LogP contribution in [-0.2, 0) is 0 Å². The van der Waals surface area contributed by atoms with Crippen LogP contribution in [0.2, 0.25) is 0 Å². The highest BCUT2D eigenvalue weighted by molar-refractivity contribution is 6.09. The first-order chi connectivity index (χ1) is 11.7. The lowest BCUT2D eigenvalue weighted by Gasteiger charge is -2.06. The Morgan fingerprint density at radius 2 is 1.12 bits per heavy atom. The van der Waals surface area contributed by atoms with E-state index in [1.165, 1.54) is 0 Å². The molecule has 0 N–H and O–H groups in total. The van der Waals surface area contributed by atoms with Crippen LogP contribution in [0.3, 0.4) is 0 Å². The maximum atomic E-state index is 12.3. The Kier molecular flexibility index (Phi) is 4.82. The average Bonchev–Trinajstić information content (AvgIpc) is 2.67. The van der Waals surface area contributed by atoms with Crippen LogP contribution in [0.5, 0.6) is 5.75 Å². The zero-order chi connectivity index (χ0) is 16.8. The molecule has 0 aliphatic heterocycles. The number of hydrogen-bond acceptors (Lipinski definition) is 3. The molecule has 3 aromatic carbocycles. The number of rotatable bonds is 6. The first kappa shape index (κ1) is 15.7. The highest BCUT2D eigenvalue weighted by Crippen LogP contribution is 2.13. The van der Waals surface area contributed by atoms with E-state index in [9.17, 15) is 9.59 Å². The Bertz CT molecular complexity index is 822. The number of Topliss-reactive ketones (excluding diaryl/α,β-unsaturated/α-hetero) is 1. The molecular formula is C21H16O3. The van der Waals surface area contributed by atoms with Gasteiger partial charge in [0.2, 0.25) is 0 Å². The minimum Gasteiger partial charge on any atom is -0.485 e. The van der Waals surface area contributed by atoms with Crippen LogP contribution in [0.15, 0.2) is 84.9 Å². The Morgan fingerprint density at radius 1 is 0.625 bits per heavy atom. The van der Waals surface area contributed by atoms with Crippen molar-refractivity contribution in [2.75, 3.05) is 6.61 Å². The molecule has 0 atom stereocenters. The van der Waals surface area contributed by atoms with Gasteiger partial charge in [0, 0.05) is 16.7 Å². The summed E-state index contributed by atoms with van der Waals surface area (Å²) in [7, 11) is 0. The fraction of sp³-hybridized carbons (Fsp3) is 0.0476. The van der Waals surface area contributed by atoms with Crippen molar-refractivity contribution >= 4 is 11.6 Å². The van der Waals surface area contributed by atoms with E-state index in [-0.39, 0.29) is 18.2 Å². The molecule has 0 spiro atoms. The van der Waals surface area contributed by atoms with Crippen molar-refractivity contribution in [3.8, 4) is 5.75 Å². The molecule has 0 aliphatic rings. The van der Waals surface area contributed by atoms with E-state index in [2.05, 4.69) is 0 Å². The zero-order valence-electron chi connectivity index (χ0n) is 13.0. The first-order valence-corrected chi connectivity index (χ1v) is 7.65. The number of ketones is 2. The molecule has 3 heteroatoms. The molecule has 0 radical (unpaired) electrons. The first-order valence-electron chi connectivity index (χ1n) is 7.65. The standard InChI is InChI=1S/C21H16O3/c22-20(15-24-19-9-5-2-6-10-19)16-11-13-18(14-12-16)21(23)17-7-3-1-4-8-17/h1-14H,15H2. The maximum Gasteiger partial charge on any atom is 0.200 e. The van der Waals surface area contributed by atoms with Crippen molar-refractivity contribution in [1.29, 1.82) is 0 Å². The predicted octanol–water partition coefficient (Wildman–Crippen LogP) is 4.18. The van der Waals surface area contributed by atoms with Crippen LogP contribution in [0, 0.1) is 0 Å². The minimum absolute atomic E-state index is 0.0318. The number of hydrogen-bond donors (Lipinski definition) is 0. The molecule has 3 rings (SSSR count). The number of ether oxygens (including phenoxy) is 1. The van der Waals surface area contributed by atoms with E-state index < -0.39 is 0 Å². The van der Waals surface area contributed by atoms with Crippen LogP contribution in [0.1, 0.15) is 26.3 Å². The quantitative estimate of drug-likeness (QED) is 0.641. The molecule has 0 fully saturated rings. The highest BCUT2D eigenvalue weighted by Gasteiger charge is 2.11. The summed E-state index contributed by atoms with van der Waals surface area (Å²) in [4.78, 5) is 24.5. The van der Waals surface area contributed by atoms with Crippen LogP contribution in [0.25, 0.3) is 0 Å². The fourth-order valence-corrected chi connectivity index (χ4v) is 2.31. The summed E-state index contributed by atoms with van der Waals surface area (Å²) in [6, 6.07) is 24.9. The molecule has 0 aliphatic carbocycles. The van der Waals surface area contributed by atoms with Crippen LogP contribution in [-0.4, -0.2) is 18.2 Å². The highest BCUT2D eigenvalue weighted by atomic mass is 16.5. The summed E-state index contributed by atoms with van der Waals surface area (Å²) in [5, 5.41) is 0. The average molecular weight is 316 g/mol. The third-order valence-electron chi connectivity index (χ3n) is 3.62. The zero-order valence-corrected chi connectivity index (χ0v) is 13.0. The molecule has 118 valence electrons. The lowest BCUT2D eigenvalue weighted by atomic mass is 10.0. The van der Waals surface area contributed by atoms with Gasteiger partial charge in [-0.3, -0.25) is 9.59 Å². The normalized spacial score (nSPS) is 10.2. The van der Waals surface area contributed by atoms with Crippen LogP contribution < -0.4 is 4.74 Å². The van der Waals surface area contributed by atoms with Crippen LogP contribution in [0.4, 0.5) is 0 Å². The summed E-state index contributed by atoms with van der Waals surface area (Å²) < 4.78 is 5.45. The van der Waals surface area contributed by atoms with Gasteiger partial charge in [0.25, 0.3) is 0 Å². The smallest absolute Gasteiger partial charge is 0.200 e. The molecule has 0 aromatic heterocycles. The van der Waals surface area contributed by atoms with E-state index in [4.69, 9.17) is 4.74 Å². The Hall–Kier alpha value is -3.20. The van der Waals surface area contributed by atoms with Gasteiger partial charge in [0.15, 0.2) is 18.2 Å². The van der Waals surface area contributed by atoms with Crippen molar-refractivity contribution in [1.82, 2.24) is 0 Å². The molecule has 0 bridgehead atoms. The summed E-state index contributed by atoms with van der Waals surface area (Å²) in [5.41, 5.74) is 1.71. The van der Waals surface area contributed by atoms with E-state index >= 15 is 0 Å². The van der Waals surface area contributed by atoms with Gasteiger partial charge in [-0.25, -0.2) is 0 Å². The van der Waals surface area contributed by atoms with Gasteiger partial charge in [-0.05, 0) is 12.1 Å². The molecule has 0 saturated carbocycles. The summed E-state index contributed by atoms with van der Waals surface area (Å²) in [6.07, 6.45) is 0. The molecule has 3 aromatic rings. The van der Waals surface area contributed by atoms with Gasteiger partial charge in [-0.2, -0.15) is 0 Å². The van der Waals surface area contributed by atoms with Crippen molar-refractivity contribution < 1.29 is 14.3 Å². The van der Waals surface area contributed by atoms with E-state index in [0.29, 0.717) is 22.4 Å². The van der Waals surface area contributed by atoms with Gasteiger partial charge in [0.05, 0.1) is 0 Å². The third-order valence-corrected chi connectivity index (χ3v) is 3.62. The lowest BCUT2D eigenvalue weighted by Crippen LogP contribution is -2.12. The Labute approximate surface area is 140 Å². The summed E-state index contributed by atoms with van der Waals surface area (Å²) in [5.74, 6) is 0.467. The summed E-state index contributed by atoms with van der Waals surface area (Å²) >= 11 is 0. The second kappa shape index (κ2) is 7.38. The van der Waals surface area contributed by atoms with Gasteiger partial charge in [-0.1, -0.05) is 72.8 Å². The third kappa shape index (κ3) is 3.76. The fourth-order valence-electron chi connectivity index (χ4n) is 2.31. The largest absolute Gasteiger partial charge is 0.485 e. The molecule has 3 nitrogen and oxygen atoms in total. The van der Waals surface area contributed by atoms with Crippen molar-refractivity contribution in [2.24, 2.45) is 0 Å². The van der Waals surface area contributed by atoms with Gasteiger partial charge < -0.3 is 4.74 Å². The van der Waals surface area contributed by atoms with Crippen LogP contribution >= 0.6 is 0 Å². The predicted molar refractivity (Wildman–Crippen MR) is 92.6 cm³/mol. The molecular weight excluding hydrogens is 300 g/mol. The molecule has 0 saturated heterocycles. The molecule has 0 amide bonds. The Morgan fingerprint density at radius 3 is 1.75 bits per heavy atom. The molecule has 0 heterocycles. The lowest BCUT2D eigenvalue weighted by molar-refractivity contribution is 0.0920.